The van der Waals surface area contributed by atoms with E-state index in [0.29, 0.717) is 0 Å². The highest BCUT2D eigenvalue weighted by Gasteiger charge is 2.11. The molecule has 0 aliphatic heterocycles. The monoisotopic (exact) mass is 187 g/mol. The summed E-state index contributed by atoms with van der Waals surface area (Å²) in [5.41, 5.74) is 0.0573. The summed E-state index contributed by atoms with van der Waals surface area (Å²) in [7, 11) is 0. The lowest BCUT2D eigenvalue weighted by molar-refractivity contribution is 0.0543. The quantitative estimate of drug-likeness (QED) is 0.534. The molecule has 0 saturated heterocycles. The van der Waals surface area contributed by atoms with Crippen LogP contribution in [0, 0.1) is 0 Å². The lowest BCUT2D eigenvalue weighted by Crippen LogP contribution is -2.04. The second kappa shape index (κ2) is 3.92. The van der Waals surface area contributed by atoms with Crippen molar-refractivity contribution < 1.29 is 13.9 Å². The molecule has 12 heavy (non-hydrogen) atoms. The highest BCUT2D eigenvalue weighted by molar-refractivity contribution is 6.27. The Bertz CT molecular complexity index is 295. The van der Waals surface area contributed by atoms with Crippen molar-refractivity contribution in [3.8, 4) is 0 Å². The summed E-state index contributed by atoms with van der Waals surface area (Å²) in [6.45, 7) is 3.53. The smallest absolute Gasteiger partial charge is 0.360 e. The fourth-order valence-electron chi connectivity index (χ4n) is 0.554. The summed E-state index contributed by atoms with van der Waals surface area (Å²) in [5, 5.41) is -0.0828. The van der Waals surface area contributed by atoms with Crippen LogP contribution in [0.5, 0.6) is 0 Å². The van der Waals surface area contributed by atoms with Crippen LogP contribution in [0.3, 0.4) is 0 Å². The van der Waals surface area contributed by atoms with Crippen molar-refractivity contribution in [2.45, 2.75) is 0 Å². The first-order chi connectivity index (χ1) is 5.74. The molecule has 0 amide bonds. The zero-order valence-corrected chi connectivity index (χ0v) is 6.87. The third-order valence-corrected chi connectivity index (χ3v) is 1.19. The number of carbonyl (C=O) groups excluding carboxylic acids is 1. The van der Waals surface area contributed by atoms with E-state index >= 15 is 0 Å². The van der Waals surface area contributed by atoms with Gasteiger partial charge in [0.25, 0.3) is 5.35 Å². The van der Waals surface area contributed by atoms with Crippen molar-refractivity contribution in [1.29, 1.82) is 0 Å². The topological polar surface area (TPSA) is 52.3 Å². The minimum atomic E-state index is -0.578. The highest BCUT2D eigenvalue weighted by atomic mass is 35.5. The Morgan fingerprint density at radius 1 is 1.92 bits per heavy atom. The number of carbonyl (C=O) groups is 1. The molecule has 1 aromatic heterocycles. The van der Waals surface area contributed by atoms with E-state index in [9.17, 15) is 4.79 Å². The normalized spacial score (nSPS) is 9.42. The highest BCUT2D eigenvalue weighted by Crippen LogP contribution is 2.08. The Hall–Kier alpha value is -1.29. The van der Waals surface area contributed by atoms with E-state index in [1.165, 1.54) is 6.08 Å². The standard InChI is InChI=1S/C7H6ClNO3/c1-2-3-11-6(10)5-4-12-7(8)9-5/h2,4H,1,3H2. The SMILES string of the molecule is C=CCOC(=O)c1coc(Cl)n1. The van der Waals surface area contributed by atoms with E-state index in [1.807, 2.05) is 0 Å². The Labute approximate surface area is 73.8 Å². The van der Waals surface area contributed by atoms with Crippen LogP contribution in [0.4, 0.5) is 0 Å². The Kier molecular flexibility index (Phi) is 2.88. The second-order valence-electron chi connectivity index (χ2n) is 1.87. The molecule has 0 radical (unpaired) electrons. The fraction of sp³-hybridized carbons (Fsp3) is 0.143. The fourth-order valence-corrected chi connectivity index (χ4v) is 0.690. The van der Waals surface area contributed by atoms with Crippen molar-refractivity contribution in [1.82, 2.24) is 4.98 Å². The molecule has 0 aromatic carbocycles. The molecule has 1 heterocycles. The summed E-state index contributed by atoms with van der Waals surface area (Å²) < 4.78 is 9.25. The van der Waals surface area contributed by atoms with Crippen LogP contribution in [-0.4, -0.2) is 17.6 Å². The summed E-state index contributed by atoms with van der Waals surface area (Å²) >= 11 is 5.33. The predicted octanol–water partition coefficient (Wildman–Crippen LogP) is 1.67. The number of aromatic nitrogens is 1. The van der Waals surface area contributed by atoms with Gasteiger partial charge in [-0.2, -0.15) is 4.98 Å². The molecule has 0 spiro atoms. The number of ether oxygens (including phenoxy) is 1. The summed E-state index contributed by atoms with van der Waals surface area (Å²) in [6.07, 6.45) is 2.59. The zero-order valence-electron chi connectivity index (χ0n) is 6.12. The third kappa shape index (κ3) is 2.10. The van der Waals surface area contributed by atoms with Gasteiger partial charge in [0.2, 0.25) is 0 Å². The molecule has 0 fully saturated rings. The number of esters is 1. The summed E-state index contributed by atoms with van der Waals surface area (Å²) in [4.78, 5) is 14.5. The van der Waals surface area contributed by atoms with Gasteiger partial charge in [0, 0.05) is 0 Å². The Morgan fingerprint density at radius 3 is 3.17 bits per heavy atom. The first-order valence-electron chi connectivity index (χ1n) is 3.13. The molecule has 5 heteroatoms. The van der Waals surface area contributed by atoms with Crippen LogP contribution in [-0.2, 0) is 4.74 Å². The predicted molar refractivity (Wildman–Crippen MR) is 42.0 cm³/mol. The van der Waals surface area contributed by atoms with Gasteiger partial charge in [-0.25, -0.2) is 4.79 Å². The van der Waals surface area contributed by atoms with Crippen LogP contribution < -0.4 is 0 Å². The molecular formula is C7H6ClNO3. The molecule has 0 bridgehead atoms. The maximum atomic E-state index is 11.0. The molecule has 0 N–H and O–H groups in total. The molecule has 64 valence electrons. The van der Waals surface area contributed by atoms with Crippen molar-refractivity contribution in [2.24, 2.45) is 0 Å². The van der Waals surface area contributed by atoms with E-state index in [-0.39, 0.29) is 17.7 Å². The van der Waals surface area contributed by atoms with Crippen molar-refractivity contribution in [3.63, 3.8) is 0 Å². The zero-order chi connectivity index (χ0) is 8.97. The van der Waals surface area contributed by atoms with Gasteiger partial charge in [-0.1, -0.05) is 12.7 Å². The van der Waals surface area contributed by atoms with Gasteiger partial charge < -0.3 is 9.15 Å². The summed E-state index contributed by atoms with van der Waals surface area (Å²) in [5.74, 6) is -0.578. The van der Waals surface area contributed by atoms with Crippen LogP contribution in [0.2, 0.25) is 5.35 Å². The largest absolute Gasteiger partial charge is 0.457 e. The van der Waals surface area contributed by atoms with Gasteiger partial charge in [-0.05, 0) is 11.6 Å². The van der Waals surface area contributed by atoms with E-state index in [0.717, 1.165) is 6.26 Å². The van der Waals surface area contributed by atoms with Gasteiger partial charge >= 0.3 is 5.97 Å². The molecule has 0 atom stereocenters. The van der Waals surface area contributed by atoms with Crippen LogP contribution in [0.25, 0.3) is 0 Å². The van der Waals surface area contributed by atoms with E-state index in [1.54, 1.807) is 0 Å². The molecule has 0 aliphatic rings. The molecule has 0 unspecified atom stereocenters. The molecule has 0 saturated carbocycles. The first-order valence-corrected chi connectivity index (χ1v) is 3.51. The first kappa shape index (κ1) is 8.80. The van der Waals surface area contributed by atoms with Gasteiger partial charge in [-0.15, -0.1) is 0 Å². The van der Waals surface area contributed by atoms with E-state index in [2.05, 4.69) is 20.7 Å². The summed E-state index contributed by atoms with van der Waals surface area (Å²) in [6, 6.07) is 0. The number of nitrogens with zero attached hydrogens (tertiary/aromatic N) is 1. The lowest BCUT2D eigenvalue weighted by Gasteiger charge is -1.95. The van der Waals surface area contributed by atoms with Gasteiger partial charge in [0.05, 0.1) is 0 Å². The molecule has 4 nitrogen and oxygen atoms in total. The second-order valence-corrected chi connectivity index (χ2v) is 2.20. The minimum Gasteiger partial charge on any atom is -0.457 e. The number of rotatable bonds is 3. The van der Waals surface area contributed by atoms with Crippen LogP contribution in [0.15, 0.2) is 23.3 Å². The van der Waals surface area contributed by atoms with Crippen molar-refractivity contribution in [3.05, 3.63) is 30.0 Å². The number of halogens is 1. The maximum Gasteiger partial charge on any atom is 0.360 e. The van der Waals surface area contributed by atoms with Gasteiger partial charge in [0.15, 0.2) is 5.69 Å². The molecular weight excluding hydrogens is 182 g/mol. The number of oxazole rings is 1. The number of hydrogen-bond acceptors (Lipinski definition) is 4. The van der Waals surface area contributed by atoms with Gasteiger partial charge in [-0.3, -0.25) is 0 Å². The molecule has 0 aliphatic carbocycles. The third-order valence-electron chi connectivity index (χ3n) is 1.02. The van der Waals surface area contributed by atoms with Crippen LogP contribution >= 0.6 is 11.6 Å². The maximum absolute atomic E-state index is 11.0. The Balaban J connectivity index is 2.59. The lowest BCUT2D eigenvalue weighted by atomic mass is 10.5. The van der Waals surface area contributed by atoms with Crippen molar-refractivity contribution >= 4 is 17.6 Å². The van der Waals surface area contributed by atoms with Crippen LogP contribution in [0.1, 0.15) is 10.5 Å². The van der Waals surface area contributed by atoms with E-state index < -0.39 is 5.97 Å². The van der Waals surface area contributed by atoms with Crippen molar-refractivity contribution in [2.75, 3.05) is 6.61 Å². The molecule has 1 aromatic rings. The van der Waals surface area contributed by atoms with Gasteiger partial charge in [0.1, 0.15) is 12.9 Å². The van der Waals surface area contributed by atoms with E-state index in [4.69, 9.17) is 11.6 Å². The Morgan fingerprint density at radius 2 is 2.67 bits per heavy atom. The number of hydrogen-bond donors (Lipinski definition) is 0. The average molecular weight is 188 g/mol. The minimum absolute atomic E-state index is 0.0573. The molecule has 1 rings (SSSR count). The average Bonchev–Trinajstić information content (AvgIpc) is 2.47.